The molecule has 0 aromatic heterocycles. The summed E-state index contributed by atoms with van der Waals surface area (Å²) >= 11 is 0. The number of hydrogen-bond acceptors (Lipinski definition) is 2. The lowest BCUT2D eigenvalue weighted by atomic mass is 9.87. The summed E-state index contributed by atoms with van der Waals surface area (Å²) in [5, 5.41) is 3.29. The standard InChI is InChI=1S/C17H17F2NO/c1-21-13-7-5-11-3-2-4-17(14(11)10-13)20-12-6-8-15(18)16(19)9-12/h5-10,17,20H,2-4H2,1H3. The van der Waals surface area contributed by atoms with Gasteiger partial charge in [0, 0.05) is 11.8 Å². The van der Waals surface area contributed by atoms with Gasteiger partial charge in [-0.05, 0) is 54.7 Å². The van der Waals surface area contributed by atoms with E-state index in [0.717, 1.165) is 31.1 Å². The van der Waals surface area contributed by atoms with Crippen LogP contribution in [0.3, 0.4) is 0 Å². The van der Waals surface area contributed by atoms with Gasteiger partial charge in [0.2, 0.25) is 0 Å². The lowest BCUT2D eigenvalue weighted by molar-refractivity contribution is 0.413. The molecule has 4 heteroatoms. The number of benzene rings is 2. The summed E-state index contributed by atoms with van der Waals surface area (Å²) in [6.45, 7) is 0. The second kappa shape index (κ2) is 5.72. The van der Waals surface area contributed by atoms with Crippen molar-refractivity contribution in [2.45, 2.75) is 25.3 Å². The third-order valence-corrected chi connectivity index (χ3v) is 3.93. The maximum atomic E-state index is 13.3. The molecule has 0 saturated heterocycles. The molecule has 0 saturated carbocycles. The van der Waals surface area contributed by atoms with Crippen molar-refractivity contribution in [1.29, 1.82) is 0 Å². The molecule has 0 fully saturated rings. The maximum absolute atomic E-state index is 13.3. The van der Waals surface area contributed by atoms with E-state index in [4.69, 9.17) is 4.74 Å². The van der Waals surface area contributed by atoms with Crippen LogP contribution in [0, 0.1) is 11.6 Å². The van der Waals surface area contributed by atoms with Crippen LogP contribution in [0.1, 0.15) is 30.0 Å². The number of rotatable bonds is 3. The summed E-state index contributed by atoms with van der Waals surface area (Å²) in [4.78, 5) is 0. The Kier molecular flexibility index (Phi) is 3.78. The zero-order chi connectivity index (χ0) is 14.8. The number of anilines is 1. The third-order valence-electron chi connectivity index (χ3n) is 3.93. The van der Waals surface area contributed by atoms with Crippen molar-refractivity contribution < 1.29 is 13.5 Å². The van der Waals surface area contributed by atoms with Crippen LogP contribution in [0.5, 0.6) is 5.75 Å². The molecule has 2 nitrogen and oxygen atoms in total. The molecule has 0 spiro atoms. The number of methoxy groups -OCH3 is 1. The molecular weight excluding hydrogens is 272 g/mol. The van der Waals surface area contributed by atoms with E-state index in [1.165, 1.54) is 17.2 Å². The maximum Gasteiger partial charge on any atom is 0.160 e. The van der Waals surface area contributed by atoms with Crippen molar-refractivity contribution in [2.75, 3.05) is 12.4 Å². The largest absolute Gasteiger partial charge is 0.497 e. The van der Waals surface area contributed by atoms with Crippen molar-refractivity contribution in [3.63, 3.8) is 0 Å². The average molecular weight is 289 g/mol. The van der Waals surface area contributed by atoms with Crippen molar-refractivity contribution in [3.05, 3.63) is 59.2 Å². The molecule has 0 radical (unpaired) electrons. The molecule has 21 heavy (non-hydrogen) atoms. The fraction of sp³-hybridized carbons (Fsp3) is 0.294. The van der Waals surface area contributed by atoms with Gasteiger partial charge in [0.15, 0.2) is 11.6 Å². The minimum absolute atomic E-state index is 0.0914. The Morgan fingerprint density at radius 3 is 2.71 bits per heavy atom. The van der Waals surface area contributed by atoms with Crippen molar-refractivity contribution in [1.82, 2.24) is 0 Å². The third kappa shape index (κ3) is 2.84. The zero-order valence-electron chi connectivity index (χ0n) is 11.8. The highest BCUT2D eigenvalue weighted by Gasteiger charge is 2.21. The smallest absolute Gasteiger partial charge is 0.160 e. The van der Waals surface area contributed by atoms with E-state index >= 15 is 0 Å². The van der Waals surface area contributed by atoms with Gasteiger partial charge in [0.05, 0.1) is 13.2 Å². The molecule has 0 bridgehead atoms. The molecule has 0 aliphatic heterocycles. The molecule has 0 heterocycles. The van der Waals surface area contributed by atoms with Crippen LogP contribution in [-0.2, 0) is 6.42 Å². The lowest BCUT2D eigenvalue weighted by Crippen LogP contribution is -2.17. The Labute approximate surface area is 122 Å². The van der Waals surface area contributed by atoms with Gasteiger partial charge >= 0.3 is 0 Å². The van der Waals surface area contributed by atoms with Gasteiger partial charge in [0.1, 0.15) is 5.75 Å². The minimum Gasteiger partial charge on any atom is -0.497 e. The molecule has 0 amide bonds. The summed E-state index contributed by atoms with van der Waals surface area (Å²) in [6, 6.07) is 10.1. The van der Waals surface area contributed by atoms with Gasteiger partial charge in [0.25, 0.3) is 0 Å². The van der Waals surface area contributed by atoms with Gasteiger partial charge in [-0.2, -0.15) is 0 Å². The Balaban J connectivity index is 1.88. The van der Waals surface area contributed by atoms with Crippen LogP contribution in [0.15, 0.2) is 36.4 Å². The summed E-state index contributed by atoms with van der Waals surface area (Å²) in [5.74, 6) is -0.847. The molecule has 3 rings (SSSR count). The average Bonchev–Trinajstić information content (AvgIpc) is 2.51. The molecule has 1 aliphatic carbocycles. The number of aryl methyl sites for hydroxylation is 1. The predicted molar refractivity (Wildman–Crippen MR) is 78.7 cm³/mol. The number of ether oxygens (including phenoxy) is 1. The normalized spacial score (nSPS) is 17.2. The molecule has 1 atom stereocenters. The molecule has 1 aliphatic rings. The van der Waals surface area contributed by atoms with Crippen LogP contribution in [0.25, 0.3) is 0 Å². The van der Waals surface area contributed by atoms with Crippen LogP contribution >= 0.6 is 0 Å². The highest BCUT2D eigenvalue weighted by Crippen LogP contribution is 2.34. The second-order valence-electron chi connectivity index (χ2n) is 5.28. The summed E-state index contributed by atoms with van der Waals surface area (Å²) in [7, 11) is 1.64. The Morgan fingerprint density at radius 2 is 1.95 bits per heavy atom. The Morgan fingerprint density at radius 1 is 1.10 bits per heavy atom. The minimum atomic E-state index is -0.832. The number of nitrogens with one attached hydrogen (secondary N) is 1. The molecule has 2 aromatic rings. The molecular formula is C17H17F2NO. The number of hydrogen-bond donors (Lipinski definition) is 1. The van der Waals surface area contributed by atoms with E-state index < -0.39 is 11.6 Å². The molecule has 110 valence electrons. The lowest BCUT2D eigenvalue weighted by Gasteiger charge is -2.27. The Hall–Kier alpha value is -2.10. The monoisotopic (exact) mass is 289 g/mol. The fourth-order valence-electron chi connectivity index (χ4n) is 2.84. The van der Waals surface area contributed by atoms with E-state index in [9.17, 15) is 8.78 Å². The quantitative estimate of drug-likeness (QED) is 0.900. The number of halogens is 2. The van der Waals surface area contributed by atoms with Crippen molar-refractivity contribution in [3.8, 4) is 5.75 Å². The van der Waals surface area contributed by atoms with Gasteiger partial charge in [-0.15, -0.1) is 0 Å². The van der Waals surface area contributed by atoms with Gasteiger partial charge < -0.3 is 10.1 Å². The molecule has 2 aromatic carbocycles. The van der Waals surface area contributed by atoms with E-state index in [-0.39, 0.29) is 6.04 Å². The predicted octanol–water partition coefficient (Wildman–Crippen LogP) is 4.46. The van der Waals surface area contributed by atoms with E-state index in [1.54, 1.807) is 13.2 Å². The Bertz CT molecular complexity index is 657. The fourth-order valence-corrected chi connectivity index (χ4v) is 2.84. The van der Waals surface area contributed by atoms with E-state index in [0.29, 0.717) is 5.69 Å². The first-order chi connectivity index (χ1) is 10.2. The summed E-state index contributed by atoms with van der Waals surface area (Å²) in [5.41, 5.74) is 3.04. The molecule has 1 N–H and O–H groups in total. The summed E-state index contributed by atoms with van der Waals surface area (Å²) < 4.78 is 31.6. The van der Waals surface area contributed by atoms with Crippen LogP contribution < -0.4 is 10.1 Å². The van der Waals surface area contributed by atoms with Gasteiger partial charge in [-0.1, -0.05) is 6.07 Å². The molecule has 1 unspecified atom stereocenters. The van der Waals surface area contributed by atoms with Crippen LogP contribution in [-0.4, -0.2) is 7.11 Å². The van der Waals surface area contributed by atoms with Crippen molar-refractivity contribution in [2.24, 2.45) is 0 Å². The van der Waals surface area contributed by atoms with Crippen LogP contribution in [0.2, 0.25) is 0 Å². The highest BCUT2D eigenvalue weighted by atomic mass is 19.2. The van der Waals surface area contributed by atoms with Gasteiger partial charge in [-0.3, -0.25) is 0 Å². The summed E-state index contributed by atoms with van der Waals surface area (Å²) in [6.07, 6.45) is 3.06. The first kappa shape index (κ1) is 13.9. The number of fused-ring (bicyclic) bond motifs is 1. The SMILES string of the molecule is COc1ccc2c(c1)C(Nc1ccc(F)c(F)c1)CCC2. The first-order valence-corrected chi connectivity index (χ1v) is 7.06. The van der Waals surface area contributed by atoms with Crippen LogP contribution in [0.4, 0.5) is 14.5 Å². The zero-order valence-corrected chi connectivity index (χ0v) is 11.8. The highest BCUT2D eigenvalue weighted by molar-refractivity contribution is 5.49. The topological polar surface area (TPSA) is 21.3 Å². The first-order valence-electron chi connectivity index (χ1n) is 7.06. The van der Waals surface area contributed by atoms with Gasteiger partial charge in [-0.25, -0.2) is 8.78 Å². The van der Waals surface area contributed by atoms with E-state index in [1.807, 2.05) is 12.1 Å². The van der Waals surface area contributed by atoms with Crippen molar-refractivity contribution >= 4 is 5.69 Å². The van der Waals surface area contributed by atoms with E-state index in [2.05, 4.69) is 11.4 Å². The second-order valence-corrected chi connectivity index (χ2v) is 5.28.